The van der Waals surface area contributed by atoms with Crippen LogP contribution in [0, 0.1) is 0 Å². The van der Waals surface area contributed by atoms with Gasteiger partial charge in [0, 0.05) is 35.8 Å². The molecule has 1 aliphatic rings. The van der Waals surface area contributed by atoms with Crippen molar-refractivity contribution >= 4 is 21.6 Å². The van der Waals surface area contributed by atoms with Crippen molar-refractivity contribution in [3.8, 4) is 0 Å². The minimum absolute atomic E-state index is 0.755. The maximum Gasteiger partial charge on any atom is 0.0423 e. The summed E-state index contributed by atoms with van der Waals surface area (Å²) in [5.74, 6) is 0. The molecule has 0 unspecified atom stereocenters. The Balaban J connectivity index is 2.03. The van der Waals surface area contributed by atoms with Gasteiger partial charge < -0.3 is 15.1 Å². The summed E-state index contributed by atoms with van der Waals surface area (Å²) >= 11 is 3.62. The molecule has 0 atom stereocenters. The third-order valence-corrected chi connectivity index (χ3v) is 4.45. The van der Waals surface area contributed by atoms with Crippen molar-refractivity contribution in [2.24, 2.45) is 0 Å². The fourth-order valence-corrected chi connectivity index (χ4v) is 2.90. The van der Waals surface area contributed by atoms with Gasteiger partial charge in [-0.1, -0.05) is 22.0 Å². The van der Waals surface area contributed by atoms with Gasteiger partial charge in [0.15, 0.2) is 0 Å². The van der Waals surface area contributed by atoms with Gasteiger partial charge in [-0.05, 0) is 64.5 Å². The lowest BCUT2D eigenvalue weighted by molar-refractivity contribution is 0.400. The molecular formula is C17H28BrN3. The van der Waals surface area contributed by atoms with Crippen LogP contribution in [0.4, 0.5) is 5.69 Å². The first-order chi connectivity index (χ1) is 10.1. The molecule has 0 spiro atoms. The molecule has 0 radical (unpaired) electrons. The van der Waals surface area contributed by atoms with E-state index in [4.69, 9.17) is 0 Å². The molecule has 1 fully saturated rings. The van der Waals surface area contributed by atoms with Crippen LogP contribution in [-0.2, 0) is 6.54 Å². The van der Waals surface area contributed by atoms with Gasteiger partial charge in [0.25, 0.3) is 0 Å². The van der Waals surface area contributed by atoms with E-state index < -0.39 is 0 Å². The van der Waals surface area contributed by atoms with Crippen LogP contribution >= 0.6 is 15.9 Å². The standard InChI is InChI=1S/C17H28BrN3/c1-4-21(11-5-10-20(2)3)17-12-15(18)7-6-14(17)13-19-16-8-9-16/h6-7,12,16,19H,4-5,8-11,13H2,1-3H3. The Morgan fingerprint density at radius 1 is 1.24 bits per heavy atom. The highest BCUT2D eigenvalue weighted by atomic mass is 79.9. The lowest BCUT2D eigenvalue weighted by Gasteiger charge is -2.27. The molecule has 2 rings (SSSR count). The van der Waals surface area contributed by atoms with Crippen molar-refractivity contribution < 1.29 is 0 Å². The van der Waals surface area contributed by atoms with Gasteiger partial charge in [-0.25, -0.2) is 0 Å². The van der Waals surface area contributed by atoms with Crippen molar-refractivity contribution in [2.75, 3.05) is 38.6 Å². The lowest BCUT2D eigenvalue weighted by Crippen LogP contribution is -2.28. The molecule has 3 nitrogen and oxygen atoms in total. The number of benzene rings is 1. The van der Waals surface area contributed by atoms with Crippen LogP contribution in [0.1, 0.15) is 31.7 Å². The van der Waals surface area contributed by atoms with Crippen LogP contribution in [0.3, 0.4) is 0 Å². The van der Waals surface area contributed by atoms with Gasteiger partial charge in [0.2, 0.25) is 0 Å². The number of nitrogens with one attached hydrogen (secondary N) is 1. The Labute approximate surface area is 137 Å². The Morgan fingerprint density at radius 2 is 2.00 bits per heavy atom. The van der Waals surface area contributed by atoms with Gasteiger partial charge in [-0.2, -0.15) is 0 Å². The van der Waals surface area contributed by atoms with Crippen molar-refractivity contribution in [3.63, 3.8) is 0 Å². The van der Waals surface area contributed by atoms with Crippen LogP contribution in [0.15, 0.2) is 22.7 Å². The predicted octanol–water partition coefficient (Wildman–Crippen LogP) is 3.48. The quantitative estimate of drug-likeness (QED) is 0.733. The molecule has 1 aromatic rings. The molecule has 0 aromatic heterocycles. The third kappa shape index (κ3) is 5.61. The topological polar surface area (TPSA) is 18.5 Å². The largest absolute Gasteiger partial charge is 0.371 e. The number of rotatable bonds is 9. The minimum atomic E-state index is 0.755. The van der Waals surface area contributed by atoms with Gasteiger partial charge in [0.05, 0.1) is 0 Å². The van der Waals surface area contributed by atoms with E-state index in [-0.39, 0.29) is 0 Å². The second-order valence-electron chi connectivity index (χ2n) is 6.16. The Hall–Kier alpha value is -0.580. The summed E-state index contributed by atoms with van der Waals surface area (Å²) < 4.78 is 1.17. The highest BCUT2D eigenvalue weighted by molar-refractivity contribution is 9.10. The Bertz CT molecular complexity index is 444. The molecule has 1 aliphatic carbocycles. The fraction of sp³-hybridized carbons (Fsp3) is 0.647. The SMILES string of the molecule is CCN(CCCN(C)C)c1cc(Br)ccc1CNC1CC1. The number of hydrogen-bond acceptors (Lipinski definition) is 3. The van der Waals surface area contributed by atoms with E-state index in [9.17, 15) is 0 Å². The molecule has 1 N–H and O–H groups in total. The lowest BCUT2D eigenvalue weighted by atomic mass is 10.1. The molecule has 4 heteroatoms. The average Bonchev–Trinajstić information content (AvgIpc) is 3.26. The molecule has 1 saturated carbocycles. The van der Waals surface area contributed by atoms with Crippen LogP contribution in [0.2, 0.25) is 0 Å². The maximum absolute atomic E-state index is 3.64. The van der Waals surface area contributed by atoms with E-state index in [1.54, 1.807) is 0 Å². The Kier molecular flexibility index (Phi) is 6.52. The van der Waals surface area contributed by atoms with Crippen molar-refractivity contribution in [1.82, 2.24) is 10.2 Å². The summed E-state index contributed by atoms with van der Waals surface area (Å²) in [6.07, 6.45) is 3.88. The molecule has 118 valence electrons. The summed E-state index contributed by atoms with van der Waals surface area (Å²) in [4.78, 5) is 4.75. The van der Waals surface area contributed by atoms with Crippen LogP contribution in [0.5, 0.6) is 0 Å². The summed E-state index contributed by atoms with van der Waals surface area (Å²) in [5, 5.41) is 3.64. The molecule has 0 aliphatic heterocycles. The number of anilines is 1. The zero-order valence-corrected chi connectivity index (χ0v) is 15.1. The van der Waals surface area contributed by atoms with Gasteiger partial charge in [-0.15, -0.1) is 0 Å². The van der Waals surface area contributed by atoms with Gasteiger partial charge >= 0.3 is 0 Å². The highest BCUT2D eigenvalue weighted by Gasteiger charge is 2.21. The monoisotopic (exact) mass is 353 g/mol. The molecule has 1 aromatic carbocycles. The Morgan fingerprint density at radius 3 is 2.62 bits per heavy atom. The van der Waals surface area contributed by atoms with E-state index in [0.29, 0.717) is 0 Å². The number of hydrogen-bond donors (Lipinski definition) is 1. The number of halogens is 1. The predicted molar refractivity (Wildman–Crippen MR) is 95.1 cm³/mol. The highest BCUT2D eigenvalue weighted by Crippen LogP contribution is 2.27. The molecule has 0 amide bonds. The molecule has 0 saturated heterocycles. The van der Waals surface area contributed by atoms with E-state index >= 15 is 0 Å². The summed E-state index contributed by atoms with van der Waals surface area (Å²) in [6, 6.07) is 7.43. The van der Waals surface area contributed by atoms with Crippen LogP contribution in [-0.4, -0.2) is 44.7 Å². The normalized spacial score (nSPS) is 14.7. The summed E-state index contributed by atoms with van der Waals surface area (Å²) in [7, 11) is 4.28. The summed E-state index contributed by atoms with van der Waals surface area (Å²) in [6.45, 7) is 6.54. The summed E-state index contributed by atoms with van der Waals surface area (Å²) in [5.41, 5.74) is 2.79. The van der Waals surface area contributed by atoms with E-state index in [1.807, 2.05) is 0 Å². The second kappa shape index (κ2) is 8.16. The first-order valence-electron chi connectivity index (χ1n) is 8.01. The average molecular weight is 354 g/mol. The molecule has 0 heterocycles. The zero-order valence-electron chi connectivity index (χ0n) is 13.5. The second-order valence-corrected chi connectivity index (χ2v) is 7.08. The molecule has 0 bridgehead atoms. The number of nitrogens with zero attached hydrogens (tertiary/aromatic N) is 2. The first-order valence-corrected chi connectivity index (χ1v) is 8.81. The van der Waals surface area contributed by atoms with Crippen molar-refractivity contribution in [3.05, 3.63) is 28.2 Å². The van der Waals surface area contributed by atoms with E-state index in [1.165, 1.54) is 35.0 Å². The van der Waals surface area contributed by atoms with Crippen LogP contribution in [0.25, 0.3) is 0 Å². The van der Waals surface area contributed by atoms with Gasteiger partial charge in [0.1, 0.15) is 0 Å². The van der Waals surface area contributed by atoms with Crippen molar-refractivity contribution in [2.45, 2.75) is 38.8 Å². The van der Waals surface area contributed by atoms with Crippen LogP contribution < -0.4 is 10.2 Å². The first kappa shape index (κ1) is 16.8. The molecular weight excluding hydrogens is 326 g/mol. The maximum atomic E-state index is 3.64. The van der Waals surface area contributed by atoms with E-state index in [0.717, 1.165) is 32.2 Å². The van der Waals surface area contributed by atoms with Gasteiger partial charge in [-0.3, -0.25) is 0 Å². The van der Waals surface area contributed by atoms with E-state index in [2.05, 4.69) is 70.3 Å². The third-order valence-electron chi connectivity index (χ3n) is 3.96. The minimum Gasteiger partial charge on any atom is -0.371 e. The smallest absolute Gasteiger partial charge is 0.0423 e. The zero-order chi connectivity index (χ0) is 15.2. The fourth-order valence-electron chi connectivity index (χ4n) is 2.55. The van der Waals surface area contributed by atoms with Crippen molar-refractivity contribution in [1.29, 1.82) is 0 Å². The molecule has 21 heavy (non-hydrogen) atoms.